The Morgan fingerprint density at radius 1 is 1.71 bits per heavy atom. The van der Waals surface area contributed by atoms with Crippen LogP contribution in [0.25, 0.3) is 0 Å². The molecule has 7 heavy (non-hydrogen) atoms. The standard InChI is InChI=1S/C5H10S2/c1-5(2)3-7-4-6/h4-5H,3H2,1-2H3. The second kappa shape index (κ2) is 4.60. The molecule has 0 aliphatic rings. The minimum absolute atomic E-state index is 0.768. The van der Waals surface area contributed by atoms with Crippen molar-refractivity contribution in [1.29, 1.82) is 0 Å². The molecule has 0 nitrogen and oxygen atoms in total. The van der Waals surface area contributed by atoms with E-state index in [9.17, 15) is 0 Å². The fourth-order valence-electron chi connectivity index (χ4n) is 0.232. The van der Waals surface area contributed by atoms with Gasteiger partial charge in [-0.05, 0) is 5.92 Å². The molecule has 0 aromatic heterocycles. The van der Waals surface area contributed by atoms with Crippen LogP contribution in [0, 0.1) is 5.92 Å². The molecule has 42 valence electrons. The summed E-state index contributed by atoms with van der Waals surface area (Å²) in [6, 6.07) is 0. The smallest absolute Gasteiger partial charge is 0.0341 e. The van der Waals surface area contributed by atoms with Gasteiger partial charge in [-0.2, -0.15) is 0 Å². The van der Waals surface area contributed by atoms with Crippen LogP contribution in [0.3, 0.4) is 0 Å². The first-order chi connectivity index (χ1) is 3.27. The first-order valence-corrected chi connectivity index (χ1v) is 3.84. The maximum atomic E-state index is 4.61. The Balaban J connectivity index is 2.81. The Hall–Kier alpha value is 0.440. The van der Waals surface area contributed by atoms with E-state index in [4.69, 9.17) is 0 Å². The van der Waals surface area contributed by atoms with Crippen molar-refractivity contribution in [3.63, 3.8) is 0 Å². The number of thioether (sulfide) groups is 1. The van der Waals surface area contributed by atoms with Gasteiger partial charge in [-0.25, -0.2) is 0 Å². The van der Waals surface area contributed by atoms with Crippen LogP contribution < -0.4 is 0 Å². The third-order valence-corrected chi connectivity index (χ3v) is 1.90. The lowest BCUT2D eigenvalue weighted by Crippen LogP contribution is -1.88. The average Bonchev–Trinajstić information content (AvgIpc) is 1.61. The van der Waals surface area contributed by atoms with Gasteiger partial charge in [0.05, 0.1) is 0 Å². The molecule has 0 fully saturated rings. The molecule has 0 amide bonds. The van der Waals surface area contributed by atoms with E-state index in [1.54, 1.807) is 16.5 Å². The summed E-state index contributed by atoms with van der Waals surface area (Å²) in [5.74, 6) is 1.92. The van der Waals surface area contributed by atoms with Crippen molar-refractivity contribution in [3.8, 4) is 0 Å². The summed E-state index contributed by atoms with van der Waals surface area (Å²) in [5.41, 5.74) is 0. The molecule has 0 N–H and O–H groups in total. The SMILES string of the molecule is CC(C)CSC=S. The van der Waals surface area contributed by atoms with Gasteiger partial charge in [-0.3, -0.25) is 0 Å². The highest BCUT2D eigenvalue weighted by Gasteiger charge is 1.88. The number of thiocarbonyl (C=S) groups is 1. The average molecular weight is 134 g/mol. The topological polar surface area (TPSA) is 0 Å². The monoisotopic (exact) mass is 134 g/mol. The van der Waals surface area contributed by atoms with Crippen molar-refractivity contribution in [1.82, 2.24) is 0 Å². The first kappa shape index (κ1) is 7.44. The maximum Gasteiger partial charge on any atom is 0.0341 e. The minimum Gasteiger partial charge on any atom is -0.122 e. The largest absolute Gasteiger partial charge is 0.122 e. The molecule has 0 atom stereocenters. The molecule has 0 heterocycles. The summed E-state index contributed by atoms with van der Waals surface area (Å²) < 4.78 is 1.72. The summed E-state index contributed by atoms with van der Waals surface area (Å²) >= 11 is 6.31. The van der Waals surface area contributed by atoms with Gasteiger partial charge in [0.15, 0.2) is 0 Å². The Morgan fingerprint density at radius 3 is 2.43 bits per heavy atom. The molecule has 0 aliphatic carbocycles. The predicted molar refractivity (Wildman–Crippen MR) is 41.0 cm³/mol. The zero-order valence-corrected chi connectivity index (χ0v) is 6.31. The van der Waals surface area contributed by atoms with E-state index in [-0.39, 0.29) is 0 Å². The zero-order valence-electron chi connectivity index (χ0n) is 4.68. The zero-order chi connectivity index (χ0) is 5.70. The lowest BCUT2D eigenvalue weighted by molar-refractivity contribution is 0.752. The van der Waals surface area contributed by atoms with Gasteiger partial charge in [0.1, 0.15) is 0 Å². The minimum atomic E-state index is 0.768. The number of hydrogen-bond donors (Lipinski definition) is 0. The second-order valence-corrected chi connectivity index (χ2v) is 3.26. The van der Waals surface area contributed by atoms with Crippen LogP contribution >= 0.6 is 24.0 Å². The fourth-order valence-corrected chi connectivity index (χ4v) is 0.931. The molecule has 0 aromatic carbocycles. The summed E-state index contributed by atoms with van der Waals surface area (Å²) in [6.45, 7) is 4.37. The highest BCUT2D eigenvalue weighted by atomic mass is 32.2. The van der Waals surface area contributed by atoms with E-state index in [1.165, 1.54) is 0 Å². The Kier molecular flexibility index (Phi) is 4.88. The molecule has 0 saturated carbocycles. The van der Waals surface area contributed by atoms with Crippen molar-refractivity contribution in [2.24, 2.45) is 5.92 Å². The van der Waals surface area contributed by atoms with Gasteiger partial charge < -0.3 is 0 Å². The van der Waals surface area contributed by atoms with Crippen LogP contribution in [0.15, 0.2) is 0 Å². The molecule has 0 aliphatic heterocycles. The molecular formula is C5H10S2. The van der Waals surface area contributed by atoms with E-state index in [2.05, 4.69) is 26.1 Å². The van der Waals surface area contributed by atoms with Crippen LogP contribution in [0.1, 0.15) is 13.8 Å². The first-order valence-electron chi connectivity index (χ1n) is 2.32. The Labute approximate surface area is 54.7 Å². The van der Waals surface area contributed by atoms with E-state index in [0.29, 0.717) is 0 Å². The van der Waals surface area contributed by atoms with Gasteiger partial charge in [0.25, 0.3) is 0 Å². The summed E-state index contributed by atoms with van der Waals surface area (Å²) in [7, 11) is 0. The Bertz CT molecular complexity index is 50.0. The molecule has 0 aromatic rings. The molecule has 0 radical (unpaired) electrons. The molecule has 0 saturated heterocycles. The quantitative estimate of drug-likeness (QED) is 0.543. The van der Waals surface area contributed by atoms with Crippen LogP contribution in [0.4, 0.5) is 0 Å². The van der Waals surface area contributed by atoms with Gasteiger partial charge in [0.2, 0.25) is 0 Å². The van der Waals surface area contributed by atoms with Crippen LogP contribution in [-0.2, 0) is 0 Å². The lowest BCUT2D eigenvalue weighted by atomic mass is 10.3. The third kappa shape index (κ3) is 6.44. The van der Waals surface area contributed by atoms with Crippen LogP contribution in [0.2, 0.25) is 0 Å². The molecule has 2 heteroatoms. The predicted octanol–water partition coefficient (Wildman–Crippen LogP) is 2.33. The molecular weight excluding hydrogens is 124 g/mol. The lowest BCUT2D eigenvalue weighted by Gasteiger charge is -1.96. The van der Waals surface area contributed by atoms with Crippen molar-refractivity contribution < 1.29 is 0 Å². The fraction of sp³-hybridized carbons (Fsp3) is 0.800. The van der Waals surface area contributed by atoms with E-state index >= 15 is 0 Å². The number of hydrogen-bond acceptors (Lipinski definition) is 2. The molecule has 0 unspecified atom stereocenters. The summed E-state index contributed by atoms with van der Waals surface area (Å²) in [5, 5.41) is 0. The number of rotatable bonds is 3. The van der Waals surface area contributed by atoms with E-state index < -0.39 is 0 Å². The van der Waals surface area contributed by atoms with Gasteiger partial charge in [0, 0.05) is 10.5 Å². The molecule has 0 spiro atoms. The van der Waals surface area contributed by atoms with Crippen molar-refractivity contribution >= 4 is 28.7 Å². The van der Waals surface area contributed by atoms with E-state index in [1.807, 2.05) is 0 Å². The molecule has 0 rings (SSSR count). The van der Waals surface area contributed by atoms with Crippen molar-refractivity contribution in [3.05, 3.63) is 0 Å². The van der Waals surface area contributed by atoms with Crippen molar-refractivity contribution in [2.75, 3.05) is 5.75 Å². The Morgan fingerprint density at radius 2 is 2.29 bits per heavy atom. The van der Waals surface area contributed by atoms with Gasteiger partial charge in [-0.15, -0.1) is 11.8 Å². The molecule has 0 bridgehead atoms. The summed E-state index contributed by atoms with van der Waals surface area (Å²) in [6.07, 6.45) is 0. The maximum absolute atomic E-state index is 4.61. The third-order valence-electron chi connectivity index (χ3n) is 0.498. The van der Waals surface area contributed by atoms with Crippen LogP contribution in [-0.4, -0.2) is 10.5 Å². The second-order valence-electron chi connectivity index (χ2n) is 1.82. The van der Waals surface area contributed by atoms with Gasteiger partial charge in [-0.1, -0.05) is 26.1 Å². The normalized spacial score (nSPS) is 9.57. The highest BCUT2D eigenvalue weighted by Crippen LogP contribution is 2.02. The van der Waals surface area contributed by atoms with Crippen LogP contribution in [0.5, 0.6) is 0 Å². The highest BCUT2D eigenvalue weighted by molar-refractivity contribution is 8.20. The van der Waals surface area contributed by atoms with E-state index in [0.717, 1.165) is 11.7 Å². The summed E-state index contributed by atoms with van der Waals surface area (Å²) in [4.78, 5) is 0. The van der Waals surface area contributed by atoms with Crippen molar-refractivity contribution in [2.45, 2.75) is 13.8 Å². The van der Waals surface area contributed by atoms with Gasteiger partial charge >= 0.3 is 0 Å².